The zero-order valence-electron chi connectivity index (χ0n) is 14.2. The molecule has 0 spiro atoms. The molecule has 2 heterocycles. The second-order valence-corrected chi connectivity index (χ2v) is 7.45. The standard InChI is InChI=1S/C17H24BFO3S/c1-6-10-20-11-9-13(14-8-7-12-23-14)15(19)18-21-16(2,3)17(4,5)22-18/h6-8,12H,1,9-11H2,2-5H3. The van der Waals surface area contributed by atoms with Gasteiger partial charge in [0.15, 0.2) is 0 Å². The van der Waals surface area contributed by atoms with Crippen molar-refractivity contribution in [3.63, 3.8) is 0 Å². The summed E-state index contributed by atoms with van der Waals surface area (Å²) < 4.78 is 32.2. The highest BCUT2D eigenvalue weighted by atomic mass is 32.1. The van der Waals surface area contributed by atoms with Gasteiger partial charge < -0.3 is 14.0 Å². The Morgan fingerprint density at radius 2 is 2.00 bits per heavy atom. The third-order valence-corrected chi connectivity index (χ3v) is 5.23. The summed E-state index contributed by atoms with van der Waals surface area (Å²) in [6.07, 6.45) is 2.14. The van der Waals surface area contributed by atoms with Crippen LogP contribution in [0.1, 0.15) is 39.0 Å². The fourth-order valence-electron chi connectivity index (χ4n) is 2.24. The molecule has 2 rings (SSSR count). The van der Waals surface area contributed by atoms with Crippen LogP contribution in [0.2, 0.25) is 0 Å². The molecule has 0 bridgehead atoms. The number of rotatable bonds is 7. The summed E-state index contributed by atoms with van der Waals surface area (Å²) in [4.78, 5) is 0.874. The molecule has 0 aliphatic carbocycles. The van der Waals surface area contributed by atoms with Gasteiger partial charge in [-0.3, -0.25) is 0 Å². The highest BCUT2D eigenvalue weighted by Gasteiger charge is 2.53. The Bertz CT molecular complexity index is 550. The van der Waals surface area contributed by atoms with E-state index in [2.05, 4.69) is 6.58 Å². The third kappa shape index (κ3) is 4.12. The Kier molecular flexibility index (Phi) is 5.84. The zero-order chi connectivity index (χ0) is 17.1. The van der Waals surface area contributed by atoms with Crippen molar-refractivity contribution in [2.45, 2.75) is 45.3 Å². The molecule has 1 saturated heterocycles. The number of hydrogen-bond donors (Lipinski definition) is 0. The van der Waals surface area contributed by atoms with E-state index in [4.69, 9.17) is 14.0 Å². The van der Waals surface area contributed by atoms with E-state index in [0.717, 1.165) is 4.88 Å². The van der Waals surface area contributed by atoms with Gasteiger partial charge in [-0.1, -0.05) is 12.1 Å². The lowest BCUT2D eigenvalue weighted by atomic mass is 9.83. The molecule has 0 aromatic carbocycles. The molecule has 23 heavy (non-hydrogen) atoms. The molecular formula is C17H24BFO3S. The molecule has 0 atom stereocenters. The lowest BCUT2D eigenvalue weighted by Crippen LogP contribution is -2.41. The Hall–Kier alpha value is -0.945. The monoisotopic (exact) mass is 338 g/mol. The van der Waals surface area contributed by atoms with Crippen LogP contribution >= 0.6 is 11.3 Å². The lowest BCUT2D eigenvalue weighted by molar-refractivity contribution is 0.00578. The maximum absolute atomic E-state index is 15.1. The van der Waals surface area contributed by atoms with Crippen molar-refractivity contribution in [2.24, 2.45) is 0 Å². The van der Waals surface area contributed by atoms with E-state index >= 15 is 4.39 Å². The third-order valence-electron chi connectivity index (χ3n) is 4.30. The van der Waals surface area contributed by atoms with E-state index in [1.807, 2.05) is 45.2 Å². The summed E-state index contributed by atoms with van der Waals surface area (Å²) in [5, 5.41) is 1.93. The molecular weight excluding hydrogens is 314 g/mol. The zero-order valence-corrected chi connectivity index (χ0v) is 15.0. The summed E-state index contributed by atoms with van der Waals surface area (Å²) in [5.74, 6) is 0. The fraction of sp³-hybridized carbons (Fsp3) is 0.529. The van der Waals surface area contributed by atoms with Gasteiger partial charge in [0.1, 0.15) is 5.73 Å². The maximum atomic E-state index is 15.1. The fourth-order valence-corrected chi connectivity index (χ4v) is 3.04. The van der Waals surface area contributed by atoms with E-state index in [9.17, 15) is 0 Å². The highest BCUT2D eigenvalue weighted by Crippen LogP contribution is 2.41. The summed E-state index contributed by atoms with van der Waals surface area (Å²) >= 11 is 1.50. The average molecular weight is 338 g/mol. The van der Waals surface area contributed by atoms with Gasteiger partial charge >= 0.3 is 7.12 Å². The van der Waals surface area contributed by atoms with Crippen molar-refractivity contribution < 1.29 is 18.4 Å². The first kappa shape index (κ1) is 18.4. The van der Waals surface area contributed by atoms with E-state index in [1.54, 1.807) is 6.08 Å². The van der Waals surface area contributed by atoms with Crippen molar-refractivity contribution >= 4 is 24.0 Å². The van der Waals surface area contributed by atoms with Crippen LogP contribution in [-0.4, -0.2) is 31.5 Å². The maximum Gasteiger partial charge on any atom is 0.525 e. The first-order valence-corrected chi connectivity index (χ1v) is 8.63. The predicted octanol–water partition coefficient (Wildman–Crippen LogP) is 4.65. The Morgan fingerprint density at radius 3 is 2.52 bits per heavy atom. The number of thiophene rings is 1. The SMILES string of the molecule is C=CCOCCC(=C(F)B1OC(C)(C)C(C)(C)O1)c1cccs1. The minimum Gasteiger partial charge on any atom is -0.398 e. The van der Waals surface area contributed by atoms with E-state index in [-0.39, 0.29) is 5.73 Å². The van der Waals surface area contributed by atoms with Crippen LogP contribution in [0.15, 0.2) is 35.9 Å². The minimum absolute atomic E-state index is 0.367. The van der Waals surface area contributed by atoms with E-state index in [0.29, 0.717) is 25.2 Å². The molecule has 1 aromatic rings. The van der Waals surface area contributed by atoms with Gasteiger partial charge in [-0.05, 0) is 51.1 Å². The molecule has 1 fully saturated rings. The number of hydrogen-bond acceptors (Lipinski definition) is 4. The van der Waals surface area contributed by atoms with Gasteiger partial charge in [-0.2, -0.15) is 0 Å². The van der Waals surface area contributed by atoms with Gasteiger partial charge in [-0.25, -0.2) is 4.39 Å². The van der Waals surface area contributed by atoms with Gasteiger partial charge in [0.25, 0.3) is 0 Å². The molecule has 3 nitrogen and oxygen atoms in total. The highest BCUT2D eigenvalue weighted by molar-refractivity contribution is 7.11. The molecule has 1 aliphatic rings. The largest absolute Gasteiger partial charge is 0.525 e. The first-order valence-electron chi connectivity index (χ1n) is 7.75. The van der Waals surface area contributed by atoms with Crippen molar-refractivity contribution in [2.75, 3.05) is 13.2 Å². The van der Waals surface area contributed by atoms with Crippen LogP contribution in [0.25, 0.3) is 5.57 Å². The van der Waals surface area contributed by atoms with Gasteiger partial charge in [0.2, 0.25) is 0 Å². The molecule has 0 radical (unpaired) electrons. The van der Waals surface area contributed by atoms with Gasteiger partial charge in [-0.15, -0.1) is 17.9 Å². The van der Waals surface area contributed by atoms with Gasteiger partial charge in [0.05, 0.1) is 24.4 Å². The second-order valence-electron chi connectivity index (χ2n) is 6.51. The Balaban J connectivity index is 2.22. The van der Waals surface area contributed by atoms with Crippen molar-refractivity contribution in [1.29, 1.82) is 0 Å². The smallest absolute Gasteiger partial charge is 0.398 e. The summed E-state index contributed by atoms with van der Waals surface area (Å²) in [6.45, 7) is 12.1. The molecule has 1 aromatic heterocycles. The molecule has 126 valence electrons. The van der Waals surface area contributed by atoms with E-state index < -0.39 is 18.3 Å². The normalized spacial score (nSPS) is 20.5. The quantitative estimate of drug-likeness (QED) is 0.411. The molecule has 0 unspecified atom stereocenters. The van der Waals surface area contributed by atoms with Crippen LogP contribution in [-0.2, 0) is 14.0 Å². The Labute approximate surface area is 142 Å². The first-order chi connectivity index (χ1) is 10.8. The molecule has 0 N–H and O–H groups in total. The molecule has 1 aliphatic heterocycles. The predicted molar refractivity (Wildman–Crippen MR) is 94.1 cm³/mol. The van der Waals surface area contributed by atoms with Crippen LogP contribution in [0.3, 0.4) is 0 Å². The van der Waals surface area contributed by atoms with Gasteiger partial charge in [0, 0.05) is 4.88 Å². The topological polar surface area (TPSA) is 27.7 Å². The molecule has 6 heteroatoms. The average Bonchev–Trinajstić information content (AvgIpc) is 3.05. The molecule has 0 amide bonds. The second kappa shape index (κ2) is 7.30. The van der Waals surface area contributed by atoms with Crippen molar-refractivity contribution in [3.05, 3.63) is 40.8 Å². The van der Waals surface area contributed by atoms with Crippen molar-refractivity contribution in [1.82, 2.24) is 0 Å². The van der Waals surface area contributed by atoms with Crippen molar-refractivity contribution in [3.8, 4) is 0 Å². The number of halogens is 1. The minimum atomic E-state index is -0.975. The van der Waals surface area contributed by atoms with Crippen LogP contribution in [0, 0.1) is 0 Å². The Morgan fingerprint density at radius 1 is 1.35 bits per heavy atom. The van der Waals surface area contributed by atoms with Crippen LogP contribution in [0.5, 0.6) is 0 Å². The summed E-state index contributed by atoms with van der Waals surface area (Å²) in [5.41, 5.74) is -0.903. The summed E-state index contributed by atoms with van der Waals surface area (Å²) in [6, 6.07) is 3.81. The number of ether oxygens (including phenoxy) is 1. The summed E-state index contributed by atoms with van der Waals surface area (Å²) in [7, 11) is -0.975. The van der Waals surface area contributed by atoms with E-state index in [1.165, 1.54) is 11.3 Å². The lowest BCUT2D eigenvalue weighted by Gasteiger charge is -2.32. The van der Waals surface area contributed by atoms with Crippen LogP contribution in [0.4, 0.5) is 4.39 Å². The molecule has 0 saturated carbocycles. The van der Waals surface area contributed by atoms with Crippen LogP contribution < -0.4 is 0 Å².